The number of carboxylic acid groups (broad SMARTS) is 1. The van der Waals surface area contributed by atoms with Crippen LogP contribution < -0.4 is 16.0 Å². The number of fused-ring (bicyclic) bond motifs is 1. The van der Waals surface area contributed by atoms with Crippen LogP contribution in [0.1, 0.15) is 39.4 Å². The van der Waals surface area contributed by atoms with Crippen molar-refractivity contribution in [3.05, 3.63) is 69.8 Å². The second kappa shape index (κ2) is 6.93. The molecule has 142 valence electrons. The first-order valence-corrected chi connectivity index (χ1v) is 9.43. The molecule has 8 nitrogen and oxygen atoms in total. The zero-order chi connectivity index (χ0) is 19.8. The van der Waals surface area contributed by atoms with Crippen molar-refractivity contribution in [3.63, 3.8) is 0 Å². The number of primary amides is 1. The number of pyridine rings is 2. The molecule has 0 aromatic carbocycles. The molecule has 2 unspecified atom stereocenters. The summed E-state index contributed by atoms with van der Waals surface area (Å²) in [5.74, 6) is -1.32. The number of thiophene rings is 1. The molecular weight excluding hydrogens is 378 g/mol. The number of aryl methyl sites for hydroxylation is 1. The third-order valence-corrected chi connectivity index (χ3v) is 5.41. The van der Waals surface area contributed by atoms with Crippen molar-refractivity contribution >= 4 is 34.7 Å². The Kier molecular flexibility index (Phi) is 4.44. The number of hydrogen-bond donors (Lipinski definition) is 3. The van der Waals surface area contributed by atoms with Crippen LogP contribution in [0, 0.1) is 6.92 Å². The van der Waals surface area contributed by atoms with Crippen LogP contribution in [0.25, 0.3) is 0 Å². The van der Waals surface area contributed by atoms with Crippen molar-refractivity contribution in [1.82, 2.24) is 9.97 Å². The van der Waals surface area contributed by atoms with E-state index in [1.807, 2.05) is 16.8 Å². The molecule has 9 heteroatoms. The van der Waals surface area contributed by atoms with Gasteiger partial charge in [0.25, 0.3) is 0 Å². The first-order chi connectivity index (χ1) is 13.5. The highest BCUT2D eigenvalue weighted by Crippen LogP contribution is 2.47. The number of nitrogens with two attached hydrogens (primary N) is 1. The Hall–Kier alpha value is -3.46. The largest absolute Gasteiger partial charge is 0.478 e. The van der Waals surface area contributed by atoms with Crippen molar-refractivity contribution < 1.29 is 14.7 Å². The molecule has 28 heavy (non-hydrogen) atoms. The summed E-state index contributed by atoms with van der Waals surface area (Å²) >= 11 is 1.50. The van der Waals surface area contributed by atoms with Crippen LogP contribution in [-0.2, 0) is 4.79 Å². The molecule has 4 heterocycles. The standard InChI is InChI=1S/C19H17N5O3S/c1-10-12(3-2-6-21-10)14(16(20)25)24-15-13(19(26)27)4-7-22-17(15)23-18(24)11-5-8-28-9-11/h2-9,14,18H,1H3,(H2,20,25)(H,22,23)(H,26,27). The number of nitrogens with one attached hydrogen (secondary N) is 1. The van der Waals surface area contributed by atoms with Gasteiger partial charge in [0.2, 0.25) is 5.91 Å². The number of aromatic nitrogens is 2. The summed E-state index contributed by atoms with van der Waals surface area (Å²) in [5, 5.41) is 16.8. The lowest BCUT2D eigenvalue weighted by Crippen LogP contribution is -2.40. The summed E-state index contributed by atoms with van der Waals surface area (Å²) in [6.07, 6.45) is 2.57. The molecule has 0 bridgehead atoms. The van der Waals surface area contributed by atoms with Gasteiger partial charge in [-0.2, -0.15) is 11.3 Å². The van der Waals surface area contributed by atoms with Crippen LogP contribution in [-0.4, -0.2) is 27.0 Å². The second-order valence-electron chi connectivity index (χ2n) is 6.35. The van der Waals surface area contributed by atoms with Gasteiger partial charge in [0.1, 0.15) is 12.2 Å². The van der Waals surface area contributed by atoms with Crippen LogP contribution in [0.5, 0.6) is 0 Å². The minimum atomic E-state index is -1.11. The molecule has 1 aliphatic rings. The fourth-order valence-electron chi connectivity index (χ4n) is 3.50. The first-order valence-electron chi connectivity index (χ1n) is 8.49. The van der Waals surface area contributed by atoms with Gasteiger partial charge in [-0.05, 0) is 35.9 Å². The number of hydrogen-bond acceptors (Lipinski definition) is 7. The van der Waals surface area contributed by atoms with E-state index in [9.17, 15) is 14.7 Å². The lowest BCUT2D eigenvalue weighted by Gasteiger charge is -2.33. The Morgan fingerprint density at radius 1 is 1.29 bits per heavy atom. The maximum Gasteiger partial charge on any atom is 0.338 e. The number of anilines is 2. The topological polar surface area (TPSA) is 121 Å². The van der Waals surface area contributed by atoms with Crippen LogP contribution in [0.2, 0.25) is 0 Å². The SMILES string of the molecule is Cc1ncccc1C(C(N)=O)N1c2c(C(=O)O)ccnc2NC1c1ccsc1. The van der Waals surface area contributed by atoms with Gasteiger partial charge in [-0.25, -0.2) is 9.78 Å². The maximum absolute atomic E-state index is 12.6. The molecule has 4 N–H and O–H groups in total. The minimum absolute atomic E-state index is 0.0445. The molecule has 1 aliphatic heterocycles. The number of carbonyl (C=O) groups is 2. The number of carboxylic acids is 1. The summed E-state index contributed by atoms with van der Waals surface area (Å²) in [5.41, 5.74) is 8.33. The molecule has 2 atom stereocenters. The Morgan fingerprint density at radius 3 is 2.75 bits per heavy atom. The van der Waals surface area contributed by atoms with Gasteiger partial charge in [0.05, 0.1) is 11.3 Å². The summed E-state index contributed by atoms with van der Waals surface area (Å²) in [4.78, 5) is 34.7. The second-order valence-corrected chi connectivity index (χ2v) is 7.13. The van der Waals surface area contributed by atoms with Crippen LogP contribution in [0.15, 0.2) is 47.4 Å². The molecule has 0 saturated heterocycles. The first kappa shape index (κ1) is 17.9. The van der Waals surface area contributed by atoms with Crippen molar-refractivity contribution in [1.29, 1.82) is 0 Å². The van der Waals surface area contributed by atoms with Gasteiger partial charge in [0, 0.05) is 29.2 Å². The Bertz CT molecular complexity index is 1050. The third kappa shape index (κ3) is 2.85. The van der Waals surface area contributed by atoms with E-state index >= 15 is 0 Å². The molecule has 1 amide bonds. The lowest BCUT2D eigenvalue weighted by atomic mass is 10.0. The smallest absolute Gasteiger partial charge is 0.338 e. The lowest BCUT2D eigenvalue weighted by molar-refractivity contribution is -0.119. The summed E-state index contributed by atoms with van der Waals surface area (Å²) in [6, 6.07) is 5.91. The van der Waals surface area contributed by atoms with Gasteiger partial charge in [-0.15, -0.1) is 0 Å². The molecule has 4 rings (SSSR count). The number of aromatic carboxylic acids is 1. The van der Waals surface area contributed by atoms with E-state index in [4.69, 9.17) is 5.73 Å². The highest BCUT2D eigenvalue weighted by Gasteiger charge is 2.42. The monoisotopic (exact) mass is 395 g/mol. The highest BCUT2D eigenvalue weighted by atomic mass is 32.1. The summed E-state index contributed by atoms with van der Waals surface area (Å²) in [7, 11) is 0. The molecule has 0 spiro atoms. The Morgan fingerprint density at radius 2 is 2.11 bits per heavy atom. The van der Waals surface area contributed by atoms with E-state index < -0.39 is 24.1 Å². The Labute approximate surface area is 164 Å². The van der Waals surface area contributed by atoms with Gasteiger partial charge < -0.3 is 21.1 Å². The summed E-state index contributed by atoms with van der Waals surface area (Å²) in [6.45, 7) is 1.79. The van der Waals surface area contributed by atoms with Gasteiger partial charge >= 0.3 is 5.97 Å². The van der Waals surface area contributed by atoms with E-state index in [2.05, 4.69) is 15.3 Å². The van der Waals surface area contributed by atoms with Gasteiger partial charge in [-0.1, -0.05) is 6.07 Å². The fourth-order valence-corrected chi connectivity index (χ4v) is 4.18. The zero-order valence-corrected chi connectivity index (χ0v) is 15.7. The van der Waals surface area contributed by atoms with Crippen molar-refractivity contribution in [2.75, 3.05) is 10.2 Å². The molecule has 0 saturated carbocycles. The predicted molar refractivity (Wildman–Crippen MR) is 105 cm³/mol. The molecule has 3 aromatic rings. The number of nitrogens with zero attached hydrogens (tertiary/aromatic N) is 3. The van der Waals surface area contributed by atoms with Crippen molar-refractivity contribution in [3.8, 4) is 0 Å². The van der Waals surface area contributed by atoms with Crippen LogP contribution in [0.3, 0.4) is 0 Å². The normalized spacial score (nSPS) is 16.3. The number of rotatable bonds is 5. The molecule has 0 fully saturated rings. The van der Waals surface area contributed by atoms with Crippen molar-refractivity contribution in [2.45, 2.75) is 19.1 Å². The van der Waals surface area contributed by atoms with Gasteiger partial charge in [0.15, 0.2) is 5.82 Å². The third-order valence-electron chi connectivity index (χ3n) is 4.71. The minimum Gasteiger partial charge on any atom is -0.478 e. The average molecular weight is 395 g/mol. The van der Waals surface area contributed by atoms with E-state index in [0.717, 1.165) is 5.56 Å². The van der Waals surface area contributed by atoms with E-state index in [-0.39, 0.29) is 5.56 Å². The fraction of sp³-hybridized carbons (Fsp3) is 0.158. The average Bonchev–Trinajstić information content (AvgIpc) is 3.31. The molecule has 3 aromatic heterocycles. The highest BCUT2D eigenvalue weighted by molar-refractivity contribution is 7.08. The van der Waals surface area contributed by atoms with Crippen LogP contribution in [0.4, 0.5) is 11.5 Å². The van der Waals surface area contributed by atoms with Crippen molar-refractivity contribution in [2.24, 2.45) is 5.73 Å². The zero-order valence-electron chi connectivity index (χ0n) is 14.9. The number of carbonyl (C=O) groups excluding carboxylic acids is 1. The molecule has 0 radical (unpaired) electrons. The predicted octanol–water partition coefficient (Wildman–Crippen LogP) is 2.70. The quantitative estimate of drug-likeness (QED) is 0.607. The van der Waals surface area contributed by atoms with E-state index in [1.54, 1.807) is 30.2 Å². The maximum atomic E-state index is 12.6. The van der Waals surface area contributed by atoms with E-state index in [0.29, 0.717) is 22.8 Å². The van der Waals surface area contributed by atoms with Gasteiger partial charge in [-0.3, -0.25) is 9.78 Å². The van der Waals surface area contributed by atoms with E-state index in [1.165, 1.54) is 23.6 Å². The Balaban J connectivity index is 1.96. The molecular formula is C19H17N5O3S. The van der Waals surface area contributed by atoms with Crippen LogP contribution >= 0.6 is 11.3 Å². The number of amides is 1. The summed E-state index contributed by atoms with van der Waals surface area (Å²) < 4.78 is 0. The molecule has 0 aliphatic carbocycles.